The summed E-state index contributed by atoms with van der Waals surface area (Å²) in [4.78, 5) is 15.6. The molecule has 164 valence electrons. The Balaban J connectivity index is 0.00000204. The first-order chi connectivity index (χ1) is 14.6. The number of carbonyl (C=O) groups is 1. The van der Waals surface area contributed by atoms with Gasteiger partial charge in [-0.05, 0) is 79.6 Å². The number of nitrogens with zero attached hydrogens (tertiary/aromatic N) is 1. The maximum absolute atomic E-state index is 13.2. The molecule has 3 atom stereocenters. The summed E-state index contributed by atoms with van der Waals surface area (Å²) in [5, 5.41) is 10.2. The van der Waals surface area contributed by atoms with Crippen LogP contribution >= 0.6 is 17.0 Å². The van der Waals surface area contributed by atoms with Crippen LogP contribution in [0.3, 0.4) is 0 Å². The average Bonchev–Trinajstić information content (AvgIpc) is 3.24. The molecular weight excluding hydrogens is 458 g/mol. The van der Waals surface area contributed by atoms with E-state index in [2.05, 4.69) is 11.0 Å². The largest absolute Gasteiger partial charge is 0.508 e. The number of likely N-dealkylation sites (tertiary alicyclic amines) is 1. The number of piperidine rings is 1. The molecule has 2 heterocycles. The molecule has 2 bridgehead atoms. The number of phenols is 1. The molecule has 2 aliphatic heterocycles. The molecule has 1 saturated carbocycles. The average molecular weight is 486 g/mol. The van der Waals surface area contributed by atoms with E-state index in [0.717, 1.165) is 19.4 Å². The number of Topliss-reactive ketones (excluding diaryl/α,β-unsaturated/α-hetero) is 1. The first-order valence-corrected chi connectivity index (χ1v) is 11.1. The van der Waals surface area contributed by atoms with Crippen molar-refractivity contribution in [1.82, 2.24) is 4.90 Å². The maximum Gasteiger partial charge on any atom is 0.231 e. The predicted octanol–water partition coefficient (Wildman–Crippen LogP) is 4.64. The molecule has 6 heteroatoms. The second-order valence-corrected chi connectivity index (χ2v) is 9.33. The Morgan fingerprint density at radius 2 is 1.97 bits per heavy atom. The summed E-state index contributed by atoms with van der Waals surface area (Å²) in [6, 6.07) is 11.8. The second-order valence-electron chi connectivity index (χ2n) is 9.33. The summed E-state index contributed by atoms with van der Waals surface area (Å²) < 4.78 is 10.8. The summed E-state index contributed by atoms with van der Waals surface area (Å²) in [5.74, 6) is 2.47. The van der Waals surface area contributed by atoms with Crippen LogP contribution in [0.5, 0.6) is 17.2 Å². The number of rotatable bonds is 3. The van der Waals surface area contributed by atoms with Crippen LogP contribution in [0.2, 0.25) is 0 Å². The third-order valence-corrected chi connectivity index (χ3v) is 7.98. The van der Waals surface area contributed by atoms with E-state index >= 15 is 0 Å². The summed E-state index contributed by atoms with van der Waals surface area (Å²) in [5.41, 5.74) is 3.61. The quantitative estimate of drug-likeness (QED) is 0.641. The number of ether oxygens (including phenoxy) is 2. The minimum absolute atomic E-state index is 0. The van der Waals surface area contributed by atoms with Crippen molar-refractivity contribution in [2.45, 2.75) is 50.0 Å². The fourth-order valence-electron chi connectivity index (χ4n) is 6.61. The lowest BCUT2D eigenvalue weighted by molar-refractivity contribution is -0.00848. The Morgan fingerprint density at radius 3 is 2.87 bits per heavy atom. The van der Waals surface area contributed by atoms with Crippen LogP contribution < -0.4 is 9.47 Å². The number of phenolic OH excluding ortho intramolecular Hbond substituents is 1. The molecule has 1 N–H and O–H groups in total. The van der Waals surface area contributed by atoms with Gasteiger partial charge in [-0.3, -0.25) is 9.69 Å². The molecule has 2 fully saturated rings. The van der Waals surface area contributed by atoms with Crippen molar-refractivity contribution in [2.24, 2.45) is 5.92 Å². The number of carbonyl (C=O) groups excluding carboxylic acids is 1. The SMILES string of the molecule is Br.O=C(CN1CC[C@]23CCCC[C@H]2[C@@H]1Cc1ccc(O)cc13)c1ccc2c(c1)OCO2. The Bertz CT molecular complexity index is 1020. The summed E-state index contributed by atoms with van der Waals surface area (Å²) >= 11 is 0. The van der Waals surface area contributed by atoms with Gasteiger partial charge in [0, 0.05) is 17.0 Å². The van der Waals surface area contributed by atoms with Gasteiger partial charge in [0.25, 0.3) is 0 Å². The summed E-state index contributed by atoms with van der Waals surface area (Å²) in [6.07, 6.45) is 6.98. The van der Waals surface area contributed by atoms with Crippen LogP contribution in [0.15, 0.2) is 36.4 Å². The Kier molecular flexibility index (Phi) is 5.25. The molecule has 2 aromatic rings. The molecule has 4 aliphatic rings. The van der Waals surface area contributed by atoms with E-state index in [1.807, 2.05) is 30.3 Å². The van der Waals surface area contributed by atoms with E-state index < -0.39 is 0 Å². The third-order valence-electron chi connectivity index (χ3n) is 7.98. The monoisotopic (exact) mass is 485 g/mol. The van der Waals surface area contributed by atoms with E-state index in [-0.39, 0.29) is 35.0 Å². The zero-order valence-corrected chi connectivity index (χ0v) is 19.2. The Labute approximate surface area is 193 Å². The standard InChI is InChI=1S/C25H27NO4.BrH/c27-18-6-4-16-11-21-19-3-1-2-8-25(19,20(16)13-18)9-10-26(21)14-22(28)17-5-7-23-24(12-17)30-15-29-23;/h4-7,12-13,19,21,27H,1-3,8-11,14-15H2;1H/t19-,21-,25+;/m0./s1. The second kappa shape index (κ2) is 7.82. The van der Waals surface area contributed by atoms with Crippen LogP contribution in [0.25, 0.3) is 0 Å². The highest BCUT2D eigenvalue weighted by molar-refractivity contribution is 8.93. The number of hydrogen-bond acceptors (Lipinski definition) is 5. The fourth-order valence-corrected chi connectivity index (χ4v) is 6.61. The van der Waals surface area contributed by atoms with Gasteiger partial charge < -0.3 is 14.6 Å². The van der Waals surface area contributed by atoms with Crippen LogP contribution in [-0.4, -0.2) is 41.7 Å². The number of aromatic hydroxyl groups is 1. The van der Waals surface area contributed by atoms with Gasteiger partial charge in [0.15, 0.2) is 17.3 Å². The van der Waals surface area contributed by atoms with Crippen molar-refractivity contribution in [3.05, 3.63) is 53.1 Å². The predicted molar refractivity (Wildman–Crippen MR) is 123 cm³/mol. The maximum atomic E-state index is 13.2. The molecule has 6 rings (SSSR count). The van der Waals surface area contributed by atoms with Crippen LogP contribution in [0.4, 0.5) is 0 Å². The molecule has 0 aromatic heterocycles. The number of ketones is 1. The topological polar surface area (TPSA) is 59.0 Å². The fraction of sp³-hybridized carbons (Fsp3) is 0.480. The molecule has 2 aliphatic carbocycles. The van der Waals surface area contributed by atoms with Gasteiger partial charge >= 0.3 is 0 Å². The zero-order valence-electron chi connectivity index (χ0n) is 17.5. The van der Waals surface area contributed by atoms with Gasteiger partial charge in [0.2, 0.25) is 6.79 Å². The van der Waals surface area contributed by atoms with Crippen molar-refractivity contribution in [1.29, 1.82) is 0 Å². The first-order valence-electron chi connectivity index (χ1n) is 11.1. The van der Waals surface area contributed by atoms with E-state index in [1.165, 1.54) is 36.8 Å². The van der Waals surface area contributed by atoms with Crippen molar-refractivity contribution < 1.29 is 19.4 Å². The third kappa shape index (κ3) is 3.26. The number of fused-ring (bicyclic) bond motifs is 2. The molecule has 0 radical (unpaired) electrons. The van der Waals surface area contributed by atoms with Gasteiger partial charge in [-0.15, -0.1) is 17.0 Å². The highest BCUT2D eigenvalue weighted by Gasteiger charge is 2.53. The van der Waals surface area contributed by atoms with Crippen LogP contribution in [0.1, 0.15) is 53.6 Å². The van der Waals surface area contributed by atoms with E-state index in [1.54, 1.807) is 0 Å². The molecule has 31 heavy (non-hydrogen) atoms. The van der Waals surface area contributed by atoms with Gasteiger partial charge in [-0.1, -0.05) is 18.9 Å². The Morgan fingerprint density at radius 1 is 1.10 bits per heavy atom. The smallest absolute Gasteiger partial charge is 0.231 e. The van der Waals surface area contributed by atoms with Crippen molar-refractivity contribution >= 4 is 22.8 Å². The summed E-state index contributed by atoms with van der Waals surface area (Å²) in [7, 11) is 0. The lowest BCUT2D eigenvalue weighted by Gasteiger charge is -2.59. The molecule has 0 spiro atoms. The van der Waals surface area contributed by atoms with Crippen molar-refractivity contribution in [2.75, 3.05) is 19.9 Å². The lowest BCUT2D eigenvalue weighted by atomic mass is 9.52. The molecule has 2 aromatic carbocycles. The van der Waals surface area contributed by atoms with E-state index in [0.29, 0.717) is 41.3 Å². The number of benzene rings is 2. The normalized spacial score (nSPS) is 28.3. The van der Waals surface area contributed by atoms with Crippen LogP contribution in [0, 0.1) is 5.92 Å². The van der Waals surface area contributed by atoms with Crippen LogP contribution in [-0.2, 0) is 11.8 Å². The van der Waals surface area contributed by atoms with E-state index in [9.17, 15) is 9.90 Å². The zero-order chi connectivity index (χ0) is 20.3. The van der Waals surface area contributed by atoms with Gasteiger partial charge in [0.05, 0.1) is 6.54 Å². The highest BCUT2D eigenvalue weighted by Crippen LogP contribution is 2.56. The highest BCUT2D eigenvalue weighted by atomic mass is 79.9. The molecule has 0 unspecified atom stereocenters. The van der Waals surface area contributed by atoms with Gasteiger partial charge in [0.1, 0.15) is 5.75 Å². The summed E-state index contributed by atoms with van der Waals surface area (Å²) in [6.45, 7) is 1.61. The number of halogens is 1. The van der Waals surface area contributed by atoms with E-state index in [4.69, 9.17) is 9.47 Å². The first kappa shape index (κ1) is 20.8. The molecule has 1 saturated heterocycles. The molecular formula is C25H28BrNO4. The van der Waals surface area contributed by atoms with Crippen molar-refractivity contribution in [3.8, 4) is 17.2 Å². The lowest BCUT2D eigenvalue weighted by Crippen LogP contribution is -2.61. The number of hydrogen-bond donors (Lipinski definition) is 1. The Hall–Kier alpha value is -2.05. The molecule has 0 amide bonds. The minimum Gasteiger partial charge on any atom is -0.508 e. The van der Waals surface area contributed by atoms with Gasteiger partial charge in [-0.25, -0.2) is 0 Å². The molecule has 5 nitrogen and oxygen atoms in total. The minimum atomic E-state index is 0. The van der Waals surface area contributed by atoms with Crippen molar-refractivity contribution in [3.63, 3.8) is 0 Å². The van der Waals surface area contributed by atoms with Gasteiger partial charge in [-0.2, -0.15) is 0 Å².